The number of pyridine rings is 1. The molecular weight excluding hydrogens is 383 g/mol. The molecular formula is C24H23FN2O3. The molecule has 1 fully saturated rings. The molecule has 3 aromatic rings. The zero-order valence-electron chi connectivity index (χ0n) is 16.8. The summed E-state index contributed by atoms with van der Waals surface area (Å²) in [6, 6.07) is 17.5. The topological polar surface area (TPSA) is 51.7 Å². The molecule has 1 aromatic heterocycles. The van der Waals surface area contributed by atoms with Crippen LogP contribution in [0, 0.1) is 5.95 Å². The monoisotopic (exact) mass is 406 g/mol. The average Bonchev–Trinajstić information content (AvgIpc) is 2.80. The Labute approximate surface area is 175 Å². The third-order valence-corrected chi connectivity index (χ3v) is 5.25. The third-order valence-electron chi connectivity index (χ3n) is 5.25. The van der Waals surface area contributed by atoms with Gasteiger partial charge in [-0.05, 0) is 28.3 Å². The van der Waals surface area contributed by atoms with Crippen molar-refractivity contribution < 1.29 is 18.7 Å². The van der Waals surface area contributed by atoms with Crippen LogP contribution in [0.2, 0.25) is 0 Å². The van der Waals surface area contributed by atoms with Gasteiger partial charge in [-0.15, -0.1) is 0 Å². The van der Waals surface area contributed by atoms with Gasteiger partial charge in [-0.1, -0.05) is 48.5 Å². The van der Waals surface area contributed by atoms with Crippen LogP contribution in [-0.4, -0.2) is 49.3 Å². The van der Waals surface area contributed by atoms with Crippen molar-refractivity contribution in [2.24, 2.45) is 0 Å². The summed E-state index contributed by atoms with van der Waals surface area (Å²) in [6.07, 6.45) is 1.18. The number of morpholine rings is 1. The molecule has 0 unspecified atom stereocenters. The SMILES string of the molecule is COC(=O)c1cnc(F)c(-c2ccc(-c3ccc(CN4CCOCC4)cc3)cc2)c1. The van der Waals surface area contributed by atoms with E-state index in [9.17, 15) is 9.18 Å². The first-order chi connectivity index (χ1) is 14.6. The van der Waals surface area contributed by atoms with E-state index in [1.165, 1.54) is 24.9 Å². The minimum atomic E-state index is -0.622. The van der Waals surface area contributed by atoms with Crippen molar-refractivity contribution in [3.05, 3.63) is 77.9 Å². The molecule has 1 saturated heterocycles. The Morgan fingerprint density at radius 2 is 1.63 bits per heavy atom. The lowest BCUT2D eigenvalue weighted by Gasteiger charge is -2.26. The lowest BCUT2D eigenvalue weighted by atomic mass is 9.99. The number of carbonyl (C=O) groups excluding carboxylic acids is 1. The fourth-order valence-electron chi connectivity index (χ4n) is 3.54. The molecule has 0 spiro atoms. The van der Waals surface area contributed by atoms with Crippen LogP contribution in [0.5, 0.6) is 0 Å². The standard InChI is InChI=1S/C24H23FN2O3/c1-29-24(28)21-14-22(23(25)26-15-21)20-8-6-19(7-9-20)18-4-2-17(3-5-18)16-27-10-12-30-13-11-27/h2-9,14-15H,10-13,16H2,1H3. The average molecular weight is 406 g/mol. The first-order valence-electron chi connectivity index (χ1n) is 9.88. The molecule has 154 valence electrons. The number of carbonyl (C=O) groups is 1. The van der Waals surface area contributed by atoms with Crippen LogP contribution in [0.1, 0.15) is 15.9 Å². The molecule has 2 aromatic carbocycles. The van der Waals surface area contributed by atoms with Gasteiger partial charge in [-0.3, -0.25) is 4.90 Å². The van der Waals surface area contributed by atoms with E-state index in [-0.39, 0.29) is 11.1 Å². The van der Waals surface area contributed by atoms with Crippen molar-refractivity contribution in [1.82, 2.24) is 9.88 Å². The summed E-state index contributed by atoms with van der Waals surface area (Å²) in [5, 5.41) is 0. The number of benzene rings is 2. The van der Waals surface area contributed by atoms with Gasteiger partial charge in [0.25, 0.3) is 0 Å². The second-order valence-corrected chi connectivity index (χ2v) is 7.22. The predicted octanol–water partition coefficient (Wildman–Crippen LogP) is 4.17. The molecule has 2 heterocycles. The quantitative estimate of drug-likeness (QED) is 0.470. The molecule has 1 aliphatic heterocycles. The molecule has 0 atom stereocenters. The van der Waals surface area contributed by atoms with Crippen LogP contribution >= 0.6 is 0 Å². The van der Waals surface area contributed by atoms with Gasteiger partial charge in [0.1, 0.15) is 0 Å². The van der Waals surface area contributed by atoms with E-state index in [1.807, 2.05) is 24.3 Å². The van der Waals surface area contributed by atoms with E-state index in [0.29, 0.717) is 5.56 Å². The molecule has 30 heavy (non-hydrogen) atoms. The van der Waals surface area contributed by atoms with Gasteiger partial charge in [0.05, 0.1) is 25.9 Å². The Morgan fingerprint density at radius 3 is 2.27 bits per heavy atom. The van der Waals surface area contributed by atoms with Crippen LogP contribution < -0.4 is 0 Å². The summed E-state index contributed by atoms with van der Waals surface area (Å²) < 4.78 is 24.3. The minimum Gasteiger partial charge on any atom is -0.465 e. The van der Waals surface area contributed by atoms with Gasteiger partial charge in [0, 0.05) is 31.4 Å². The van der Waals surface area contributed by atoms with Crippen LogP contribution in [0.15, 0.2) is 60.8 Å². The van der Waals surface area contributed by atoms with Crippen molar-refractivity contribution in [3.63, 3.8) is 0 Å². The van der Waals surface area contributed by atoms with Gasteiger partial charge >= 0.3 is 5.97 Å². The highest BCUT2D eigenvalue weighted by Gasteiger charge is 2.13. The number of rotatable bonds is 5. The fraction of sp³-hybridized carbons (Fsp3) is 0.250. The van der Waals surface area contributed by atoms with E-state index in [4.69, 9.17) is 9.47 Å². The van der Waals surface area contributed by atoms with E-state index in [2.05, 4.69) is 34.1 Å². The highest BCUT2D eigenvalue weighted by Crippen LogP contribution is 2.27. The number of aromatic nitrogens is 1. The smallest absolute Gasteiger partial charge is 0.339 e. The molecule has 0 N–H and O–H groups in total. The maximum atomic E-state index is 14.2. The highest BCUT2D eigenvalue weighted by atomic mass is 19.1. The second kappa shape index (κ2) is 9.15. The third kappa shape index (κ3) is 4.56. The molecule has 0 radical (unpaired) electrons. The lowest BCUT2D eigenvalue weighted by molar-refractivity contribution is 0.0342. The largest absolute Gasteiger partial charge is 0.465 e. The lowest BCUT2D eigenvalue weighted by Crippen LogP contribution is -2.35. The van der Waals surface area contributed by atoms with E-state index in [1.54, 1.807) is 0 Å². The number of hydrogen-bond acceptors (Lipinski definition) is 5. The minimum absolute atomic E-state index is 0.217. The Bertz CT molecular complexity index is 1010. The Hall–Kier alpha value is -3.09. The molecule has 0 bridgehead atoms. The second-order valence-electron chi connectivity index (χ2n) is 7.22. The van der Waals surface area contributed by atoms with Gasteiger partial charge in [-0.2, -0.15) is 4.39 Å². The summed E-state index contributed by atoms with van der Waals surface area (Å²) in [5.41, 5.74) is 4.53. The molecule has 4 rings (SSSR count). The first kappa shape index (κ1) is 20.2. The zero-order valence-corrected chi connectivity index (χ0v) is 16.8. The number of nitrogens with zero attached hydrogens (tertiary/aromatic N) is 2. The van der Waals surface area contributed by atoms with Gasteiger partial charge in [0.15, 0.2) is 0 Å². The highest BCUT2D eigenvalue weighted by molar-refractivity contribution is 5.90. The number of hydrogen-bond donors (Lipinski definition) is 0. The van der Waals surface area contributed by atoms with Crippen LogP contribution in [0.4, 0.5) is 4.39 Å². The van der Waals surface area contributed by atoms with Gasteiger partial charge < -0.3 is 9.47 Å². The number of methoxy groups -OCH3 is 1. The Morgan fingerprint density at radius 1 is 1.03 bits per heavy atom. The molecule has 0 aliphatic carbocycles. The number of ether oxygens (including phenoxy) is 2. The maximum absolute atomic E-state index is 14.2. The predicted molar refractivity (Wildman–Crippen MR) is 113 cm³/mol. The van der Waals surface area contributed by atoms with Crippen LogP contribution in [0.25, 0.3) is 22.3 Å². The maximum Gasteiger partial charge on any atom is 0.339 e. The summed E-state index contributed by atoms with van der Waals surface area (Å²) >= 11 is 0. The van der Waals surface area contributed by atoms with Gasteiger partial charge in [0.2, 0.25) is 5.95 Å². The van der Waals surface area contributed by atoms with Crippen molar-refractivity contribution in [3.8, 4) is 22.3 Å². The first-order valence-corrected chi connectivity index (χ1v) is 9.88. The van der Waals surface area contributed by atoms with E-state index >= 15 is 0 Å². The molecule has 1 aliphatic rings. The summed E-state index contributed by atoms with van der Waals surface area (Å²) in [5.74, 6) is -1.17. The van der Waals surface area contributed by atoms with Crippen LogP contribution in [0.3, 0.4) is 0 Å². The Kier molecular flexibility index (Phi) is 6.16. The molecule has 5 nitrogen and oxygen atoms in total. The van der Waals surface area contributed by atoms with Crippen molar-refractivity contribution in [2.45, 2.75) is 6.54 Å². The fourth-order valence-corrected chi connectivity index (χ4v) is 3.54. The van der Waals surface area contributed by atoms with Gasteiger partial charge in [-0.25, -0.2) is 9.78 Å². The summed E-state index contributed by atoms with van der Waals surface area (Å²) in [4.78, 5) is 17.8. The molecule has 0 amide bonds. The number of esters is 1. The zero-order chi connectivity index (χ0) is 20.9. The summed E-state index contributed by atoms with van der Waals surface area (Å²) in [7, 11) is 1.28. The normalized spacial score (nSPS) is 14.5. The number of halogens is 1. The van der Waals surface area contributed by atoms with Crippen molar-refractivity contribution >= 4 is 5.97 Å². The van der Waals surface area contributed by atoms with Crippen LogP contribution in [-0.2, 0) is 16.0 Å². The van der Waals surface area contributed by atoms with Crippen molar-refractivity contribution in [2.75, 3.05) is 33.4 Å². The summed E-state index contributed by atoms with van der Waals surface area (Å²) in [6.45, 7) is 4.44. The van der Waals surface area contributed by atoms with Crippen molar-refractivity contribution in [1.29, 1.82) is 0 Å². The van der Waals surface area contributed by atoms with E-state index < -0.39 is 11.9 Å². The Balaban J connectivity index is 1.50. The molecule has 0 saturated carbocycles. The van der Waals surface area contributed by atoms with E-state index in [0.717, 1.165) is 44.0 Å². The molecule has 6 heteroatoms.